The highest BCUT2D eigenvalue weighted by Crippen LogP contribution is 2.21. The lowest BCUT2D eigenvalue weighted by Gasteiger charge is -2.15. The van der Waals surface area contributed by atoms with Crippen molar-refractivity contribution < 1.29 is 19.1 Å². The van der Waals surface area contributed by atoms with Crippen molar-refractivity contribution in [2.24, 2.45) is 0 Å². The minimum Gasteiger partial charge on any atom is -0.494 e. The van der Waals surface area contributed by atoms with Crippen LogP contribution in [0.1, 0.15) is 19.4 Å². The van der Waals surface area contributed by atoms with E-state index in [4.69, 9.17) is 32.7 Å². The third-order valence-electron chi connectivity index (χ3n) is 3.51. The molecule has 0 aliphatic carbocycles. The summed E-state index contributed by atoms with van der Waals surface area (Å²) in [6.07, 6.45) is -0.799. The standard InChI is InChI=1S/C19H20Cl2N2O4/c1-3-26-15-6-8-16(9-7-15)27-12(2)19(25)23-22-18(24)10-13-4-5-14(20)11-17(13)21/h4-9,11-12H,3,10H2,1-2H3,(H,22,24)(H,23,25)/t12-/m0/s1. The zero-order valence-corrected chi connectivity index (χ0v) is 16.4. The molecule has 0 unspecified atom stereocenters. The van der Waals surface area contributed by atoms with Gasteiger partial charge in [0.2, 0.25) is 5.91 Å². The molecule has 0 aliphatic heterocycles. The maximum atomic E-state index is 12.1. The van der Waals surface area contributed by atoms with E-state index in [2.05, 4.69) is 10.9 Å². The van der Waals surface area contributed by atoms with Gasteiger partial charge in [-0.2, -0.15) is 0 Å². The smallest absolute Gasteiger partial charge is 0.279 e. The molecule has 144 valence electrons. The van der Waals surface area contributed by atoms with E-state index in [9.17, 15) is 9.59 Å². The minimum absolute atomic E-state index is 0.00438. The summed E-state index contributed by atoms with van der Waals surface area (Å²) < 4.78 is 10.9. The van der Waals surface area contributed by atoms with E-state index < -0.39 is 17.9 Å². The number of hydrogen-bond acceptors (Lipinski definition) is 4. The summed E-state index contributed by atoms with van der Waals surface area (Å²) in [5.41, 5.74) is 5.27. The Labute approximate surface area is 167 Å². The molecule has 27 heavy (non-hydrogen) atoms. The van der Waals surface area contributed by atoms with E-state index in [1.165, 1.54) is 0 Å². The fourth-order valence-electron chi connectivity index (χ4n) is 2.15. The largest absolute Gasteiger partial charge is 0.494 e. The highest BCUT2D eigenvalue weighted by molar-refractivity contribution is 6.35. The van der Waals surface area contributed by atoms with Gasteiger partial charge in [0, 0.05) is 10.0 Å². The van der Waals surface area contributed by atoms with Crippen molar-refractivity contribution in [3.05, 3.63) is 58.1 Å². The number of hydrogen-bond donors (Lipinski definition) is 2. The number of rotatable bonds is 7. The van der Waals surface area contributed by atoms with Gasteiger partial charge in [-0.25, -0.2) is 0 Å². The highest BCUT2D eigenvalue weighted by atomic mass is 35.5. The van der Waals surface area contributed by atoms with Crippen LogP contribution in [0.25, 0.3) is 0 Å². The van der Waals surface area contributed by atoms with Gasteiger partial charge in [0.1, 0.15) is 11.5 Å². The molecule has 0 saturated heterocycles. The van der Waals surface area contributed by atoms with Crippen LogP contribution < -0.4 is 20.3 Å². The lowest BCUT2D eigenvalue weighted by molar-refractivity contribution is -0.132. The number of nitrogens with one attached hydrogen (secondary N) is 2. The summed E-state index contributed by atoms with van der Waals surface area (Å²) in [4.78, 5) is 24.0. The lowest BCUT2D eigenvalue weighted by atomic mass is 10.1. The Bertz CT molecular complexity index is 797. The Morgan fingerprint density at radius 1 is 1.04 bits per heavy atom. The molecule has 1 atom stereocenters. The predicted octanol–water partition coefficient (Wildman–Crippen LogP) is 3.55. The normalized spacial score (nSPS) is 11.4. The predicted molar refractivity (Wildman–Crippen MR) is 104 cm³/mol. The number of carbonyl (C=O) groups excluding carboxylic acids is 2. The summed E-state index contributed by atoms with van der Waals surface area (Å²) in [5, 5.41) is 0.869. The summed E-state index contributed by atoms with van der Waals surface area (Å²) in [5.74, 6) is 0.329. The number of hydrazine groups is 1. The molecule has 0 fully saturated rings. The molecule has 0 aromatic heterocycles. The molecule has 2 rings (SSSR count). The molecule has 2 aromatic carbocycles. The van der Waals surface area contributed by atoms with E-state index in [1.807, 2.05) is 6.92 Å². The third kappa shape index (κ3) is 6.66. The average Bonchev–Trinajstić information content (AvgIpc) is 2.64. The van der Waals surface area contributed by atoms with E-state index in [0.29, 0.717) is 28.0 Å². The Morgan fingerprint density at radius 2 is 1.70 bits per heavy atom. The summed E-state index contributed by atoms with van der Waals surface area (Å²) in [7, 11) is 0. The summed E-state index contributed by atoms with van der Waals surface area (Å²) >= 11 is 11.8. The van der Waals surface area contributed by atoms with Gasteiger partial charge in [-0.05, 0) is 55.8 Å². The van der Waals surface area contributed by atoms with E-state index >= 15 is 0 Å². The van der Waals surface area contributed by atoms with Crippen molar-refractivity contribution >= 4 is 35.0 Å². The number of benzene rings is 2. The Kier molecular flexibility index (Phi) is 7.76. The molecule has 0 saturated carbocycles. The van der Waals surface area contributed by atoms with Crippen molar-refractivity contribution in [3.8, 4) is 11.5 Å². The summed E-state index contributed by atoms with van der Waals surface area (Å²) in [6.45, 7) is 4.04. The third-order valence-corrected chi connectivity index (χ3v) is 4.10. The molecule has 6 nitrogen and oxygen atoms in total. The number of ether oxygens (including phenoxy) is 2. The number of carbonyl (C=O) groups is 2. The first-order valence-electron chi connectivity index (χ1n) is 8.31. The molecular formula is C19H20Cl2N2O4. The van der Waals surface area contributed by atoms with Crippen LogP contribution in [-0.4, -0.2) is 24.5 Å². The van der Waals surface area contributed by atoms with E-state index in [1.54, 1.807) is 49.4 Å². The molecule has 0 heterocycles. The highest BCUT2D eigenvalue weighted by Gasteiger charge is 2.16. The van der Waals surface area contributed by atoms with Crippen LogP contribution in [-0.2, 0) is 16.0 Å². The van der Waals surface area contributed by atoms with Crippen molar-refractivity contribution in [1.29, 1.82) is 0 Å². The lowest BCUT2D eigenvalue weighted by Crippen LogP contribution is -2.47. The molecular weight excluding hydrogens is 391 g/mol. The number of halogens is 2. The second-order valence-electron chi connectivity index (χ2n) is 5.61. The van der Waals surface area contributed by atoms with Crippen LogP contribution in [0.4, 0.5) is 0 Å². The molecule has 2 amide bonds. The summed E-state index contributed by atoms with van der Waals surface area (Å²) in [6, 6.07) is 11.8. The van der Waals surface area contributed by atoms with Crippen LogP contribution in [0.3, 0.4) is 0 Å². The minimum atomic E-state index is -0.803. The first-order valence-corrected chi connectivity index (χ1v) is 9.06. The van der Waals surface area contributed by atoms with E-state index in [0.717, 1.165) is 5.75 Å². The maximum Gasteiger partial charge on any atom is 0.279 e. The fraction of sp³-hybridized carbons (Fsp3) is 0.263. The molecule has 2 aromatic rings. The second-order valence-corrected chi connectivity index (χ2v) is 6.46. The van der Waals surface area contributed by atoms with Crippen LogP contribution in [0.5, 0.6) is 11.5 Å². The monoisotopic (exact) mass is 410 g/mol. The second kappa shape index (κ2) is 10.0. The topological polar surface area (TPSA) is 76.7 Å². The van der Waals surface area contributed by atoms with Gasteiger partial charge in [0.15, 0.2) is 6.10 Å². The van der Waals surface area contributed by atoms with Gasteiger partial charge in [0.25, 0.3) is 5.91 Å². The maximum absolute atomic E-state index is 12.1. The quantitative estimate of drug-likeness (QED) is 0.684. The van der Waals surface area contributed by atoms with Crippen LogP contribution >= 0.6 is 23.2 Å². The average molecular weight is 411 g/mol. The zero-order chi connectivity index (χ0) is 19.8. The van der Waals surface area contributed by atoms with Crippen molar-refractivity contribution in [2.45, 2.75) is 26.4 Å². The van der Waals surface area contributed by atoms with Gasteiger partial charge in [-0.15, -0.1) is 0 Å². The first-order chi connectivity index (χ1) is 12.9. The molecule has 0 radical (unpaired) electrons. The SMILES string of the molecule is CCOc1ccc(O[C@@H](C)C(=O)NNC(=O)Cc2ccc(Cl)cc2Cl)cc1. The molecule has 0 bridgehead atoms. The van der Waals surface area contributed by atoms with Gasteiger partial charge in [0.05, 0.1) is 13.0 Å². The Balaban J connectivity index is 1.80. The zero-order valence-electron chi connectivity index (χ0n) is 14.9. The van der Waals surface area contributed by atoms with Gasteiger partial charge in [-0.3, -0.25) is 20.4 Å². The van der Waals surface area contributed by atoms with Crippen molar-refractivity contribution in [3.63, 3.8) is 0 Å². The Morgan fingerprint density at radius 3 is 2.33 bits per heavy atom. The van der Waals surface area contributed by atoms with Crippen molar-refractivity contribution in [2.75, 3.05) is 6.61 Å². The van der Waals surface area contributed by atoms with E-state index in [-0.39, 0.29) is 6.42 Å². The number of amides is 2. The van der Waals surface area contributed by atoms with Crippen LogP contribution in [0.2, 0.25) is 10.0 Å². The van der Waals surface area contributed by atoms with Gasteiger partial charge < -0.3 is 9.47 Å². The van der Waals surface area contributed by atoms with Gasteiger partial charge >= 0.3 is 0 Å². The Hall–Kier alpha value is -2.44. The molecule has 0 spiro atoms. The van der Waals surface area contributed by atoms with Crippen LogP contribution in [0.15, 0.2) is 42.5 Å². The first kappa shape index (κ1) is 20.9. The molecule has 8 heteroatoms. The van der Waals surface area contributed by atoms with Crippen LogP contribution in [0, 0.1) is 0 Å². The van der Waals surface area contributed by atoms with Crippen molar-refractivity contribution in [1.82, 2.24) is 10.9 Å². The fourth-order valence-corrected chi connectivity index (χ4v) is 2.63. The molecule has 0 aliphatic rings. The van der Waals surface area contributed by atoms with Gasteiger partial charge in [-0.1, -0.05) is 29.3 Å². The molecule has 2 N–H and O–H groups in total.